The normalized spacial score (nSPS) is 18.8. The summed E-state index contributed by atoms with van der Waals surface area (Å²) in [6, 6.07) is 4.49. The fourth-order valence-electron chi connectivity index (χ4n) is 1.85. The fourth-order valence-corrected chi connectivity index (χ4v) is 1.85. The Kier molecular flexibility index (Phi) is 3.64. The zero-order valence-electron chi connectivity index (χ0n) is 9.75. The number of amides is 1. The first-order valence-corrected chi connectivity index (χ1v) is 5.52. The van der Waals surface area contributed by atoms with Crippen molar-refractivity contribution < 1.29 is 28.2 Å². The first kappa shape index (κ1) is 13.3. The highest BCUT2D eigenvalue weighted by molar-refractivity contribution is 5.83. The number of carbonyl (C=O) groups excluding carboxylic acids is 1. The Morgan fingerprint density at radius 2 is 2.05 bits per heavy atom. The molecule has 0 bridgehead atoms. The van der Waals surface area contributed by atoms with E-state index in [4.69, 9.17) is 5.11 Å². The number of alkyl halides is 2. The van der Waals surface area contributed by atoms with E-state index in [0.717, 1.165) is 4.90 Å². The number of esters is 1. The van der Waals surface area contributed by atoms with Crippen LogP contribution < -0.4 is 0 Å². The van der Waals surface area contributed by atoms with Crippen molar-refractivity contribution in [2.24, 2.45) is 0 Å². The zero-order chi connectivity index (χ0) is 14.0. The predicted octanol–water partition coefficient (Wildman–Crippen LogP) is 2.03. The number of hydrogen-bond donors (Lipinski definition) is 1. The van der Waals surface area contributed by atoms with Crippen LogP contribution in [-0.4, -0.2) is 34.8 Å². The van der Waals surface area contributed by atoms with Crippen LogP contribution in [0.5, 0.6) is 0 Å². The predicted molar refractivity (Wildman–Crippen MR) is 59.7 cm³/mol. The molecular formula is C12H11F2NO4. The molecule has 1 aliphatic heterocycles. The van der Waals surface area contributed by atoms with Crippen LogP contribution in [0.2, 0.25) is 0 Å². The number of hydrogen-bond acceptors (Lipinski definition) is 3. The maximum Gasteiger partial charge on any atom is 0.410 e. The minimum absolute atomic E-state index is 0.106. The van der Waals surface area contributed by atoms with Gasteiger partial charge in [-0.2, -0.15) is 0 Å². The Bertz CT molecular complexity index is 489. The smallest absolute Gasteiger partial charge is 0.410 e. The van der Waals surface area contributed by atoms with Crippen molar-refractivity contribution in [1.82, 2.24) is 4.90 Å². The molecule has 102 valence electrons. The van der Waals surface area contributed by atoms with Gasteiger partial charge in [0.1, 0.15) is 6.04 Å². The molecule has 1 aliphatic rings. The van der Waals surface area contributed by atoms with Crippen molar-refractivity contribution in [2.75, 3.05) is 6.73 Å². The van der Waals surface area contributed by atoms with Crippen LogP contribution in [-0.2, 0) is 16.0 Å². The SMILES string of the molecule is O=C1OCN(C(=O)O)[C@H]1Cc1ccc(C(F)F)cc1. The second kappa shape index (κ2) is 5.21. The molecule has 1 amide bonds. The summed E-state index contributed by atoms with van der Waals surface area (Å²) in [5, 5.41) is 8.89. The average Bonchev–Trinajstić information content (AvgIpc) is 2.72. The topological polar surface area (TPSA) is 66.8 Å². The van der Waals surface area contributed by atoms with Crippen molar-refractivity contribution in [2.45, 2.75) is 18.9 Å². The lowest BCUT2D eigenvalue weighted by Crippen LogP contribution is -2.38. The molecule has 19 heavy (non-hydrogen) atoms. The Morgan fingerprint density at radius 3 is 2.58 bits per heavy atom. The maximum absolute atomic E-state index is 12.4. The van der Waals surface area contributed by atoms with Gasteiger partial charge >= 0.3 is 12.1 Å². The highest BCUT2D eigenvalue weighted by atomic mass is 19.3. The molecule has 0 radical (unpaired) electrons. The van der Waals surface area contributed by atoms with Crippen molar-refractivity contribution >= 4 is 12.1 Å². The van der Waals surface area contributed by atoms with Crippen LogP contribution in [0, 0.1) is 0 Å². The summed E-state index contributed by atoms with van der Waals surface area (Å²) in [6.07, 6.45) is -3.70. The van der Waals surface area contributed by atoms with Crippen LogP contribution in [0.4, 0.5) is 13.6 Å². The Morgan fingerprint density at radius 1 is 1.42 bits per heavy atom. The van der Waals surface area contributed by atoms with E-state index < -0.39 is 24.5 Å². The van der Waals surface area contributed by atoms with Crippen molar-refractivity contribution in [1.29, 1.82) is 0 Å². The first-order chi connectivity index (χ1) is 8.99. The van der Waals surface area contributed by atoms with Gasteiger partial charge in [0.25, 0.3) is 6.43 Å². The van der Waals surface area contributed by atoms with Crippen LogP contribution in [0.3, 0.4) is 0 Å². The highest BCUT2D eigenvalue weighted by Crippen LogP contribution is 2.21. The number of benzene rings is 1. The van der Waals surface area contributed by atoms with Gasteiger partial charge in [-0.25, -0.2) is 18.4 Å². The number of carbonyl (C=O) groups is 2. The highest BCUT2D eigenvalue weighted by Gasteiger charge is 2.37. The molecule has 1 saturated heterocycles. The molecule has 1 aromatic carbocycles. The van der Waals surface area contributed by atoms with Crippen molar-refractivity contribution in [3.05, 3.63) is 35.4 Å². The monoisotopic (exact) mass is 271 g/mol. The van der Waals surface area contributed by atoms with Gasteiger partial charge in [0, 0.05) is 12.0 Å². The van der Waals surface area contributed by atoms with Crippen molar-refractivity contribution in [3.63, 3.8) is 0 Å². The summed E-state index contributed by atoms with van der Waals surface area (Å²) >= 11 is 0. The van der Waals surface area contributed by atoms with E-state index in [2.05, 4.69) is 4.74 Å². The Labute approximate surface area is 107 Å². The zero-order valence-corrected chi connectivity index (χ0v) is 9.75. The van der Waals surface area contributed by atoms with Crippen LogP contribution in [0.15, 0.2) is 24.3 Å². The van der Waals surface area contributed by atoms with E-state index in [9.17, 15) is 18.4 Å². The molecule has 7 heteroatoms. The number of rotatable bonds is 3. The molecule has 2 rings (SSSR count). The molecule has 0 saturated carbocycles. The lowest BCUT2D eigenvalue weighted by Gasteiger charge is -2.16. The van der Waals surface area contributed by atoms with E-state index in [1.54, 1.807) is 0 Å². The lowest BCUT2D eigenvalue weighted by molar-refractivity contribution is -0.139. The van der Waals surface area contributed by atoms with E-state index in [-0.39, 0.29) is 18.7 Å². The fraction of sp³-hybridized carbons (Fsp3) is 0.333. The lowest BCUT2D eigenvalue weighted by atomic mass is 10.0. The summed E-state index contributed by atoms with van der Waals surface area (Å²) in [5.41, 5.74) is 0.479. The van der Waals surface area contributed by atoms with E-state index in [1.807, 2.05) is 0 Å². The van der Waals surface area contributed by atoms with Gasteiger partial charge in [-0.1, -0.05) is 24.3 Å². The molecule has 1 atom stereocenters. The summed E-state index contributed by atoms with van der Waals surface area (Å²) in [4.78, 5) is 23.2. The third kappa shape index (κ3) is 2.81. The van der Waals surface area contributed by atoms with Gasteiger partial charge in [0.2, 0.25) is 0 Å². The molecule has 0 aromatic heterocycles. The minimum atomic E-state index is -2.55. The maximum atomic E-state index is 12.4. The summed E-state index contributed by atoms with van der Waals surface area (Å²) in [7, 11) is 0. The third-order valence-electron chi connectivity index (χ3n) is 2.90. The summed E-state index contributed by atoms with van der Waals surface area (Å²) < 4.78 is 29.4. The number of nitrogens with zero attached hydrogens (tertiary/aromatic N) is 1. The molecule has 1 aromatic rings. The number of carboxylic acid groups (broad SMARTS) is 1. The molecule has 0 aliphatic carbocycles. The van der Waals surface area contributed by atoms with Gasteiger partial charge in [0.15, 0.2) is 6.73 Å². The van der Waals surface area contributed by atoms with Crippen LogP contribution >= 0.6 is 0 Å². The molecule has 5 nitrogen and oxygen atoms in total. The van der Waals surface area contributed by atoms with Gasteiger partial charge in [-0.3, -0.25) is 4.90 Å². The summed E-state index contributed by atoms with van der Waals surface area (Å²) in [5.74, 6) is -0.625. The number of cyclic esters (lactones) is 1. The molecule has 1 heterocycles. The third-order valence-corrected chi connectivity index (χ3v) is 2.90. The average molecular weight is 271 g/mol. The first-order valence-electron chi connectivity index (χ1n) is 5.52. The Hall–Kier alpha value is -2.18. The second-order valence-electron chi connectivity index (χ2n) is 4.11. The number of halogens is 2. The van der Waals surface area contributed by atoms with Crippen molar-refractivity contribution in [3.8, 4) is 0 Å². The molecule has 0 unspecified atom stereocenters. The van der Waals surface area contributed by atoms with E-state index >= 15 is 0 Å². The van der Waals surface area contributed by atoms with Gasteiger partial charge in [0.05, 0.1) is 0 Å². The van der Waals surface area contributed by atoms with E-state index in [0.29, 0.717) is 5.56 Å². The standard InChI is InChI=1S/C12H11F2NO4/c13-10(14)8-3-1-7(2-4-8)5-9-11(16)19-6-15(9)12(17)18/h1-4,9-10H,5-6H2,(H,17,18)/t9-/m0/s1. The molecule has 0 spiro atoms. The number of ether oxygens (including phenoxy) is 1. The van der Waals surface area contributed by atoms with Crippen LogP contribution in [0.25, 0.3) is 0 Å². The second-order valence-corrected chi connectivity index (χ2v) is 4.11. The van der Waals surface area contributed by atoms with Gasteiger partial charge in [-0.15, -0.1) is 0 Å². The Balaban J connectivity index is 2.11. The van der Waals surface area contributed by atoms with Gasteiger partial charge in [-0.05, 0) is 5.56 Å². The molecule has 1 N–H and O–H groups in total. The molecular weight excluding hydrogens is 260 g/mol. The quantitative estimate of drug-likeness (QED) is 0.854. The molecule has 1 fully saturated rings. The van der Waals surface area contributed by atoms with Gasteiger partial charge < -0.3 is 9.84 Å². The van der Waals surface area contributed by atoms with Crippen LogP contribution in [0.1, 0.15) is 17.6 Å². The van der Waals surface area contributed by atoms with E-state index in [1.165, 1.54) is 24.3 Å². The largest absolute Gasteiger partial charge is 0.465 e. The minimum Gasteiger partial charge on any atom is -0.465 e. The summed E-state index contributed by atoms with van der Waals surface area (Å²) in [6.45, 7) is -0.298.